The zero-order valence-corrected chi connectivity index (χ0v) is 17.6. The van der Waals surface area contributed by atoms with Crippen molar-refractivity contribution in [2.24, 2.45) is 0 Å². The fourth-order valence-electron chi connectivity index (χ4n) is 3.29. The Morgan fingerprint density at radius 2 is 1.77 bits per heavy atom. The summed E-state index contributed by atoms with van der Waals surface area (Å²) < 4.78 is 22.6. The Morgan fingerprint density at radius 3 is 2.40 bits per heavy atom. The third-order valence-corrected chi connectivity index (χ3v) is 4.74. The highest BCUT2D eigenvalue weighted by Crippen LogP contribution is 2.28. The predicted molar refractivity (Wildman–Crippen MR) is 109 cm³/mol. The first-order valence-electron chi connectivity index (χ1n) is 9.36. The van der Waals surface area contributed by atoms with Crippen LogP contribution in [0.25, 0.3) is 5.82 Å². The van der Waals surface area contributed by atoms with E-state index in [4.69, 9.17) is 18.7 Å². The number of Topliss-reactive ketones (excluding diaryl/α,β-unsaturated/α-hetero) is 1. The number of hydrogen-bond donors (Lipinski definition) is 0. The smallest absolute Gasteiger partial charge is 0.310 e. The lowest BCUT2D eigenvalue weighted by Crippen LogP contribution is -2.16. The first-order chi connectivity index (χ1) is 14.3. The standard InChI is InChI=1S/C22H24N2O6/c1-13-8-17(15(3)24(13)21-9-14(2)30-23-21)18(25)12-29-22(26)11-16-6-7-19(27-4)20(10-16)28-5/h6-10H,11-12H2,1-5H3. The molecule has 1 aromatic carbocycles. The van der Waals surface area contributed by atoms with Gasteiger partial charge >= 0.3 is 5.97 Å². The van der Waals surface area contributed by atoms with Gasteiger partial charge in [-0.2, -0.15) is 0 Å². The number of ketones is 1. The van der Waals surface area contributed by atoms with Gasteiger partial charge in [0.15, 0.2) is 23.9 Å². The minimum atomic E-state index is -0.503. The summed E-state index contributed by atoms with van der Waals surface area (Å²) in [5.41, 5.74) is 2.72. The molecule has 0 atom stereocenters. The molecule has 0 amide bonds. The maximum Gasteiger partial charge on any atom is 0.310 e. The number of methoxy groups -OCH3 is 2. The zero-order valence-electron chi connectivity index (χ0n) is 17.6. The molecule has 0 fully saturated rings. The summed E-state index contributed by atoms with van der Waals surface area (Å²) in [5, 5.41) is 4.00. The summed E-state index contributed by atoms with van der Waals surface area (Å²) in [6, 6.07) is 8.71. The van der Waals surface area contributed by atoms with Crippen LogP contribution in [0.4, 0.5) is 0 Å². The number of aryl methyl sites for hydroxylation is 2. The molecule has 3 aromatic rings. The van der Waals surface area contributed by atoms with E-state index < -0.39 is 5.97 Å². The second-order valence-electron chi connectivity index (χ2n) is 6.87. The highest BCUT2D eigenvalue weighted by Gasteiger charge is 2.20. The molecule has 2 heterocycles. The van der Waals surface area contributed by atoms with Crippen LogP contribution in [-0.4, -0.2) is 42.3 Å². The summed E-state index contributed by atoms with van der Waals surface area (Å²) in [5.74, 6) is 1.59. The Balaban J connectivity index is 1.65. The van der Waals surface area contributed by atoms with Gasteiger partial charge in [-0.05, 0) is 44.5 Å². The molecular formula is C22H24N2O6. The second kappa shape index (κ2) is 8.86. The molecule has 0 aliphatic rings. The van der Waals surface area contributed by atoms with Crippen LogP contribution >= 0.6 is 0 Å². The van der Waals surface area contributed by atoms with Crippen molar-refractivity contribution in [1.29, 1.82) is 0 Å². The molecule has 0 spiro atoms. The third kappa shape index (κ3) is 4.37. The molecule has 0 saturated carbocycles. The first-order valence-corrected chi connectivity index (χ1v) is 9.36. The molecule has 0 aliphatic carbocycles. The van der Waals surface area contributed by atoms with E-state index in [-0.39, 0.29) is 18.8 Å². The van der Waals surface area contributed by atoms with Crippen molar-refractivity contribution in [2.45, 2.75) is 27.2 Å². The van der Waals surface area contributed by atoms with Crippen LogP contribution in [0.1, 0.15) is 33.1 Å². The minimum absolute atomic E-state index is 0.0187. The van der Waals surface area contributed by atoms with Crippen LogP contribution in [-0.2, 0) is 16.0 Å². The average Bonchev–Trinajstić information content (AvgIpc) is 3.28. The van der Waals surface area contributed by atoms with Crippen molar-refractivity contribution >= 4 is 11.8 Å². The van der Waals surface area contributed by atoms with Gasteiger partial charge in [0.2, 0.25) is 5.78 Å². The Kier molecular flexibility index (Phi) is 6.25. The van der Waals surface area contributed by atoms with E-state index in [2.05, 4.69) is 5.16 Å². The normalized spacial score (nSPS) is 10.7. The number of hydrogen-bond acceptors (Lipinski definition) is 7. The maximum absolute atomic E-state index is 12.6. The lowest BCUT2D eigenvalue weighted by atomic mass is 10.1. The quantitative estimate of drug-likeness (QED) is 0.414. The van der Waals surface area contributed by atoms with Gasteiger partial charge in [-0.3, -0.25) is 14.2 Å². The highest BCUT2D eigenvalue weighted by molar-refractivity contribution is 5.99. The molecule has 3 rings (SSSR count). The summed E-state index contributed by atoms with van der Waals surface area (Å²) in [7, 11) is 3.06. The van der Waals surface area contributed by atoms with Gasteiger partial charge in [0.05, 0.1) is 20.6 Å². The molecule has 0 N–H and O–H groups in total. The van der Waals surface area contributed by atoms with Crippen LogP contribution in [0.2, 0.25) is 0 Å². The van der Waals surface area contributed by atoms with Gasteiger partial charge in [-0.25, -0.2) is 0 Å². The molecule has 8 nitrogen and oxygen atoms in total. The summed E-state index contributed by atoms with van der Waals surface area (Å²) >= 11 is 0. The largest absolute Gasteiger partial charge is 0.493 e. The molecular weight excluding hydrogens is 388 g/mol. The van der Waals surface area contributed by atoms with Crippen molar-refractivity contribution in [2.75, 3.05) is 20.8 Å². The SMILES string of the molecule is COc1ccc(CC(=O)OCC(=O)c2cc(C)n(-c3cc(C)on3)c2C)cc1OC. The molecule has 2 aromatic heterocycles. The van der Waals surface area contributed by atoms with Crippen molar-refractivity contribution < 1.29 is 28.3 Å². The Bertz CT molecular complexity index is 1080. The monoisotopic (exact) mass is 412 g/mol. The van der Waals surface area contributed by atoms with E-state index in [0.717, 1.165) is 5.69 Å². The Morgan fingerprint density at radius 1 is 1.03 bits per heavy atom. The van der Waals surface area contributed by atoms with Gasteiger partial charge < -0.3 is 18.7 Å². The fraction of sp³-hybridized carbons (Fsp3) is 0.318. The van der Waals surface area contributed by atoms with Gasteiger partial charge in [-0.1, -0.05) is 11.2 Å². The van der Waals surface area contributed by atoms with E-state index in [9.17, 15) is 9.59 Å². The van der Waals surface area contributed by atoms with Crippen molar-refractivity contribution in [3.63, 3.8) is 0 Å². The second-order valence-corrected chi connectivity index (χ2v) is 6.87. The zero-order chi connectivity index (χ0) is 21.8. The lowest BCUT2D eigenvalue weighted by Gasteiger charge is -2.09. The number of rotatable bonds is 8. The predicted octanol–water partition coefficient (Wildman–Crippen LogP) is 3.38. The molecule has 0 radical (unpaired) electrons. The van der Waals surface area contributed by atoms with E-state index in [1.165, 1.54) is 14.2 Å². The van der Waals surface area contributed by atoms with E-state index >= 15 is 0 Å². The lowest BCUT2D eigenvalue weighted by molar-refractivity contribution is -0.141. The summed E-state index contributed by atoms with van der Waals surface area (Å²) in [6.45, 7) is 5.15. The van der Waals surface area contributed by atoms with Crippen molar-refractivity contribution in [1.82, 2.24) is 9.72 Å². The van der Waals surface area contributed by atoms with Crippen LogP contribution < -0.4 is 9.47 Å². The number of aromatic nitrogens is 2. The third-order valence-electron chi connectivity index (χ3n) is 4.74. The van der Waals surface area contributed by atoms with Crippen molar-refractivity contribution in [3.8, 4) is 17.3 Å². The first kappa shape index (κ1) is 21.2. The van der Waals surface area contributed by atoms with E-state index in [1.54, 1.807) is 37.3 Å². The van der Waals surface area contributed by atoms with Gasteiger partial charge in [-0.15, -0.1) is 0 Å². The fourth-order valence-corrected chi connectivity index (χ4v) is 3.29. The summed E-state index contributed by atoms with van der Waals surface area (Å²) in [4.78, 5) is 24.8. The van der Waals surface area contributed by atoms with E-state index in [1.807, 2.05) is 18.4 Å². The number of benzene rings is 1. The van der Waals surface area contributed by atoms with Gasteiger partial charge in [0.1, 0.15) is 5.76 Å². The van der Waals surface area contributed by atoms with Crippen LogP contribution in [0.3, 0.4) is 0 Å². The van der Waals surface area contributed by atoms with Crippen molar-refractivity contribution in [3.05, 3.63) is 58.6 Å². The molecule has 8 heteroatoms. The van der Waals surface area contributed by atoms with Crippen LogP contribution in [0.5, 0.6) is 11.5 Å². The van der Waals surface area contributed by atoms with Crippen LogP contribution in [0.15, 0.2) is 34.9 Å². The molecule has 30 heavy (non-hydrogen) atoms. The van der Waals surface area contributed by atoms with E-state index in [0.29, 0.717) is 39.9 Å². The molecule has 0 saturated heterocycles. The number of nitrogens with zero attached hydrogens (tertiary/aromatic N) is 2. The number of carbonyl (C=O) groups excluding carboxylic acids is 2. The van der Waals surface area contributed by atoms with Gasteiger partial charge in [0.25, 0.3) is 0 Å². The number of ether oxygens (including phenoxy) is 3. The molecule has 0 bridgehead atoms. The Labute approximate surface area is 174 Å². The topological polar surface area (TPSA) is 92.8 Å². The summed E-state index contributed by atoms with van der Waals surface area (Å²) in [6.07, 6.45) is 0.0187. The van der Waals surface area contributed by atoms with Crippen LogP contribution in [0, 0.1) is 20.8 Å². The highest BCUT2D eigenvalue weighted by atomic mass is 16.5. The molecule has 0 unspecified atom stereocenters. The maximum atomic E-state index is 12.6. The van der Waals surface area contributed by atoms with Gasteiger partial charge in [0, 0.05) is 23.0 Å². The number of carbonyl (C=O) groups is 2. The number of esters is 1. The molecule has 158 valence electrons. The minimum Gasteiger partial charge on any atom is -0.493 e. The molecule has 0 aliphatic heterocycles. The average molecular weight is 412 g/mol. The Hall–Kier alpha value is -3.55.